The molecule has 1 aromatic heterocycles. The van der Waals surface area contributed by atoms with Gasteiger partial charge in [0.25, 0.3) is 0 Å². The van der Waals surface area contributed by atoms with Crippen LogP contribution in [0.4, 0.5) is 0 Å². The molecule has 0 radical (unpaired) electrons. The van der Waals surface area contributed by atoms with Gasteiger partial charge in [0.15, 0.2) is 0 Å². The van der Waals surface area contributed by atoms with Crippen molar-refractivity contribution in [3.05, 3.63) is 18.2 Å². The van der Waals surface area contributed by atoms with Crippen molar-refractivity contribution in [1.29, 1.82) is 0 Å². The van der Waals surface area contributed by atoms with Gasteiger partial charge < -0.3 is 15.0 Å². The Morgan fingerprint density at radius 2 is 2.19 bits per heavy atom. The Hall–Kier alpha value is -0.870. The van der Waals surface area contributed by atoms with Gasteiger partial charge in [-0.25, -0.2) is 4.98 Å². The van der Waals surface area contributed by atoms with Gasteiger partial charge in [0.2, 0.25) is 0 Å². The maximum Gasteiger partial charge on any atom is 0.0945 e. The fourth-order valence-corrected chi connectivity index (χ4v) is 1.75. The first-order valence-corrected chi connectivity index (χ1v) is 5.74. The van der Waals surface area contributed by atoms with E-state index in [0.717, 1.165) is 18.7 Å². The number of rotatable bonds is 5. The summed E-state index contributed by atoms with van der Waals surface area (Å²) in [6.07, 6.45) is 4.45. The second-order valence-corrected chi connectivity index (χ2v) is 5.31. The molecule has 0 aromatic carbocycles. The Kier molecular flexibility index (Phi) is 4.50. The molecule has 0 aliphatic heterocycles. The van der Waals surface area contributed by atoms with Crippen molar-refractivity contribution in [2.24, 2.45) is 12.5 Å². The third kappa shape index (κ3) is 3.61. The van der Waals surface area contributed by atoms with Crippen molar-refractivity contribution >= 4 is 0 Å². The molecule has 1 heterocycles. The van der Waals surface area contributed by atoms with Crippen molar-refractivity contribution in [1.82, 2.24) is 14.9 Å². The van der Waals surface area contributed by atoms with E-state index in [4.69, 9.17) is 5.11 Å². The molecule has 1 atom stereocenters. The first-order chi connectivity index (χ1) is 7.45. The third-order valence-corrected chi connectivity index (χ3v) is 2.91. The molecule has 4 heteroatoms. The summed E-state index contributed by atoms with van der Waals surface area (Å²) < 4.78 is 2.01. The van der Waals surface area contributed by atoms with Gasteiger partial charge in [-0.1, -0.05) is 20.8 Å². The number of aliphatic hydroxyl groups excluding tert-OH is 1. The van der Waals surface area contributed by atoms with Gasteiger partial charge in [-0.15, -0.1) is 0 Å². The number of aliphatic hydroxyl groups is 1. The number of nitrogens with zero attached hydrogens (tertiary/aromatic N) is 2. The number of aryl methyl sites for hydroxylation is 1. The minimum atomic E-state index is 0.154. The Morgan fingerprint density at radius 1 is 1.50 bits per heavy atom. The molecule has 16 heavy (non-hydrogen) atoms. The van der Waals surface area contributed by atoms with Crippen molar-refractivity contribution in [3.8, 4) is 0 Å². The van der Waals surface area contributed by atoms with Crippen LogP contribution < -0.4 is 5.32 Å². The molecule has 1 unspecified atom stereocenters. The lowest BCUT2D eigenvalue weighted by Gasteiger charge is -2.31. The SMILES string of the molecule is Cn1cncc1CNC(CCO)C(C)(C)C. The van der Waals surface area contributed by atoms with Gasteiger partial charge in [0, 0.05) is 32.4 Å². The van der Waals surface area contributed by atoms with E-state index in [9.17, 15) is 0 Å². The quantitative estimate of drug-likeness (QED) is 0.794. The van der Waals surface area contributed by atoms with E-state index in [1.807, 2.05) is 17.8 Å². The van der Waals surface area contributed by atoms with Crippen molar-refractivity contribution < 1.29 is 5.11 Å². The number of aromatic nitrogens is 2. The lowest BCUT2D eigenvalue weighted by molar-refractivity contribution is 0.196. The number of imidazole rings is 1. The minimum absolute atomic E-state index is 0.154. The maximum atomic E-state index is 9.05. The van der Waals surface area contributed by atoms with Gasteiger partial charge in [-0.2, -0.15) is 0 Å². The third-order valence-electron chi connectivity index (χ3n) is 2.91. The molecule has 0 saturated carbocycles. The standard InChI is InChI=1S/C12H23N3O/c1-12(2,3)11(5-6-16)14-8-10-7-13-9-15(10)4/h7,9,11,14,16H,5-6,8H2,1-4H3. The first kappa shape index (κ1) is 13.2. The van der Waals surface area contributed by atoms with Crippen LogP contribution in [-0.4, -0.2) is 27.3 Å². The molecule has 1 rings (SSSR count). The Labute approximate surface area is 97.7 Å². The molecule has 0 aliphatic carbocycles. The predicted molar refractivity (Wildman–Crippen MR) is 65.0 cm³/mol. The van der Waals surface area contributed by atoms with Gasteiger partial charge in [-0.05, 0) is 11.8 Å². The van der Waals surface area contributed by atoms with E-state index < -0.39 is 0 Å². The fourth-order valence-electron chi connectivity index (χ4n) is 1.75. The van der Waals surface area contributed by atoms with E-state index in [-0.39, 0.29) is 12.0 Å². The molecule has 1 aromatic rings. The van der Waals surface area contributed by atoms with E-state index in [1.165, 1.54) is 0 Å². The van der Waals surface area contributed by atoms with Crippen LogP contribution in [0, 0.1) is 5.41 Å². The van der Waals surface area contributed by atoms with Gasteiger partial charge in [0.05, 0.1) is 12.0 Å². The Morgan fingerprint density at radius 3 is 2.62 bits per heavy atom. The van der Waals surface area contributed by atoms with E-state index in [0.29, 0.717) is 6.04 Å². The average molecular weight is 225 g/mol. The van der Waals surface area contributed by atoms with E-state index in [1.54, 1.807) is 6.33 Å². The highest BCUT2D eigenvalue weighted by Gasteiger charge is 2.23. The molecule has 2 N–H and O–H groups in total. The highest BCUT2D eigenvalue weighted by atomic mass is 16.3. The molecule has 0 spiro atoms. The van der Waals surface area contributed by atoms with Crippen molar-refractivity contribution in [2.45, 2.75) is 39.8 Å². The van der Waals surface area contributed by atoms with Crippen LogP contribution in [0.1, 0.15) is 32.9 Å². The van der Waals surface area contributed by atoms with E-state index >= 15 is 0 Å². The molecule has 4 nitrogen and oxygen atoms in total. The topological polar surface area (TPSA) is 50.1 Å². The van der Waals surface area contributed by atoms with Crippen LogP contribution >= 0.6 is 0 Å². The minimum Gasteiger partial charge on any atom is -0.396 e. The normalized spacial score (nSPS) is 14.1. The molecule has 92 valence electrons. The second kappa shape index (κ2) is 5.46. The van der Waals surface area contributed by atoms with Crippen molar-refractivity contribution in [2.75, 3.05) is 6.61 Å². The second-order valence-electron chi connectivity index (χ2n) is 5.31. The molecular weight excluding hydrogens is 202 g/mol. The Balaban J connectivity index is 2.54. The fraction of sp³-hybridized carbons (Fsp3) is 0.750. The summed E-state index contributed by atoms with van der Waals surface area (Å²) in [6, 6.07) is 0.312. The molecule has 0 amide bonds. The largest absolute Gasteiger partial charge is 0.396 e. The lowest BCUT2D eigenvalue weighted by atomic mass is 9.85. The first-order valence-electron chi connectivity index (χ1n) is 5.74. The van der Waals surface area contributed by atoms with Gasteiger partial charge in [-0.3, -0.25) is 0 Å². The van der Waals surface area contributed by atoms with Crippen LogP contribution in [0.3, 0.4) is 0 Å². The maximum absolute atomic E-state index is 9.05. The lowest BCUT2D eigenvalue weighted by Crippen LogP contribution is -2.40. The van der Waals surface area contributed by atoms with Gasteiger partial charge >= 0.3 is 0 Å². The zero-order valence-electron chi connectivity index (χ0n) is 10.7. The molecule has 0 aliphatic rings. The molecule has 0 saturated heterocycles. The number of nitrogens with one attached hydrogen (secondary N) is 1. The number of hydrogen-bond donors (Lipinski definition) is 2. The summed E-state index contributed by atoms with van der Waals surface area (Å²) >= 11 is 0. The summed E-state index contributed by atoms with van der Waals surface area (Å²) in [5.74, 6) is 0. The monoisotopic (exact) mass is 225 g/mol. The van der Waals surface area contributed by atoms with Crippen LogP contribution in [0.2, 0.25) is 0 Å². The molecule has 0 bridgehead atoms. The number of hydrogen-bond acceptors (Lipinski definition) is 3. The molecule has 0 fully saturated rings. The van der Waals surface area contributed by atoms with Crippen LogP contribution in [0.5, 0.6) is 0 Å². The summed E-state index contributed by atoms with van der Waals surface area (Å²) in [7, 11) is 1.99. The van der Waals surface area contributed by atoms with Crippen LogP contribution in [-0.2, 0) is 13.6 Å². The van der Waals surface area contributed by atoms with Crippen LogP contribution in [0.25, 0.3) is 0 Å². The average Bonchev–Trinajstić information content (AvgIpc) is 2.57. The van der Waals surface area contributed by atoms with Gasteiger partial charge in [0.1, 0.15) is 0 Å². The summed E-state index contributed by atoms with van der Waals surface area (Å²) in [5.41, 5.74) is 1.31. The Bertz CT molecular complexity index is 314. The predicted octanol–water partition coefficient (Wildman–Crippen LogP) is 1.31. The summed E-state index contributed by atoms with van der Waals surface area (Å²) in [5, 5.41) is 12.5. The molecular formula is C12H23N3O. The zero-order chi connectivity index (χ0) is 12.2. The zero-order valence-corrected chi connectivity index (χ0v) is 10.7. The summed E-state index contributed by atoms with van der Waals surface area (Å²) in [6.45, 7) is 7.56. The van der Waals surface area contributed by atoms with E-state index in [2.05, 4.69) is 31.1 Å². The highest BCUT2D eigenvalue weighted by Crippen LogP contribution is 2.21. The smallest absolute Gasteiger partial charge is 0.0945 e. The van der Waals surface area contributed by atoms with Crippen molar-refractivity contribution in [3.63, 3.8) is 0 Å². The summed E-state index contributed by atoms with van der Waals surface area (Å²) in [4.78, 5) is 4.08. The van der Waals surface area contributed by atoms with Crippen LogP contribution in [0.15, 0.2) is 12.5 Å². The highest BCUT2D eigenvalue weighted by molar-refractivity contribution is 4.97.